The second kappa shape index (κ2) is 8.43. The lowest BCUT2D eigenvalue weighted by Crippen LogP contribution is -2.30. The van der Waals surface area contributed by atoms with Crippen LogP contribution in [0.1, 0.15) is 17.3 Å². The minimum atomic E-state index is -0.981. The molecule has 0 heterocycles. The zero-order valence-corrected chi connectivity index (χ0v) is 15.9. The van der Waals surface area contributed by atoms with Crippen molar-refractivity contribution in [3.63, 3.8) is 0 Å². The molecule has 0 spiro atoms. The molecular weight excluding hydrogens is 358 g/mol. The summed E-state index contributed by atoms with van der Waals surface area (Å²) in [4.78, 5) is 24.9. The third-order valence-corrected chi connectivity index (χ3v) is 4.30. The zero-order valence-electron chi connectivity index (χ0n) is 15.9. The van der Waals surface area contributed by atoms with Gasteiger partial charge < -0.3 is 19.5 Å². The normalized spacial score (nSPS) is 11.5. The number of hydrogen-bond acceptors (Lipinski definition) is 5. The van der Waals surface area contributed by atoms with Crippen LogP contribution in [0.15, 0.2) is 60.7 Å². The SMILES string of the molecule is COc1ccc(C(=O)O[C@H](C)C(=O)Nc2ccc3ccccc3c2)c(OC)c1. The van der Waals surface area contributed by atoms with Crippen LogP contribution >= 0.6 is 0 Å². The highest BCUT2D eigenvalue weighted by molar-refractivity contribution is 5.99. The summed E-state index contributed by atoms with van der Waals surface area (Å²) in [6, 6.07) is 18.2. The molecule has 0 aliphatic rings. The summed E-state index contributed by atoms with van der Waals surface area (Å²) in [6.45, 7) is 1.52. The van der Waals surface area contributed by atoms with Crippen molar-refractivity contribution >= 4 is 28.3 Å². The number of carbonyl (C=O) groups is 2. The number of ether oxygens (including phenoxy) is 3. The molecule has 1 amide bonds. The molecule has 1 N–H and O–H groups in total. The quantitative estimate of drug-likeness (QED) is 0.654. The van der Waals surface area contributed by atoms with Crippen LogP contribution in [0.25, 0.3) is 10.8 Å². The van der Waals surface area contributed by atoms with Crippen molar-refractivity contribution in [1.82, 2.24) is 0 Å². The van der Waals surface area contributed by atoms with Gasteiger partial charge in [0, 0.05) is 11.8 Å². The Balaban J connectivity index is 1.68. The number of amides is 1. The third-order valence-electron chi connectivity index (χ3n) is 4.30. The van der Waals surface area contributed by atoms with Crippen LogP contribution < -0.4 is 14.8 Å². The van der Waals surface area contributed by atoms with Gasteiger partial charge in [-0.1, -0.05) is 30.3 Å². The Morgan fingerprint density at radius 2 is 1.64 bits per heavy atom. The maximum absolute atomic E-state index is 12.4. The largest absolute Gasteiger partial charge is 0.497 e. The van der Waals surface area contributed by atoms with Crippen LogP contribution in [0.4, 0.5) is 5.69 Å². The monoisotopic (exact) mass is 379 g/mol. The van der Waals surface area contributed by atoms with E-state index in [0.29, 0.717) is 17.2 Å². The maximum atomic E-state index is 12.4. The van der Waals surface area contributed by atoms with E-state index in [0.717, 1.165) is 10.8 Å². The molecule has 0 saturated heterocycles. The first-order valence-electron chi connectivity index (χ1n) is 8.74. The molecular formula is C22H21NO5. The fourth-order valence-electron chi connectivity index (χ4n) is 2.76. The molecule has 144 valence electrons. The number of anilines is 1. The first-order chi connectivity index (χ1) is 13.5. The number of fused-ring (bicyclic) bond motifs is 1. The second-order valence-electron chi connectivity index (χ2n) is 6.16. The van der Waals surface area contributed by atoms with Crippen molar-refractivity contribution in [2.45, 2.75) is 13.0 Å². The molecule has 0 aromatic heterocycles. The lowest BCUT2D eigenvalue weighted by Gasteiger charge is -2.15. The van der Waals surface area contributed by atoms with Gasteiger partial charge in [-0.15, -0.1) is 0 Å². The molecule has 3 aromatic carbocycles. The fraction of sp³-hybridized carbons (Fsp3) is 0.182. The zero-order chi connectivity index (χ0) is 20.1. The first-order valence-corrected chi connectivity index (χ1v) is 8.74. The van der Waals surface area contributed by atoms with E-state index in [1.165, 1.54) is 27.2 Å². The number of nitrogens with one attached hydrogen (secondary N) is 1. The number of rotatable bonds is 6. The predicted molar refractivity (Wildman–Crippen MR) is 107 cm³/mol. The van der Waals surface area contributed by atoms with E-state index in [4.69, 9.17) is 14.2 Å². The van der Waals surface area contributed by atoms with Gasteiger partial charge in [0.25, 0.3) is 5.91 Å². The Kier molecular flexibility index (Phi) is 5.79. The van der Waals surface area contributed by atoms with Crippen LogP contribution in [0.5, 0.6) is 11.5 Å². The van der Waals surface area contributed by atoms with Crippen molar-refractivity contribution < 1.29 is 23.8 Å². The minimum absolute atomic E-state index is 0.216. The van der Waals surface area contributed by atoms with Gasteiger partial charge in [0.1, 0.15) is 17.1 Å². The van der Waals surface area contributed by atoms with Crippen LogP contribution in [-0.2, 0) is 9.53 Å². The van der Waals surface area contributed by atoms with Gasteiger partial charge in [-0.25, -0.2) is 4.79 Å². The topological polar surface area (TPSA) is 73.9 Å². The molecule has 3 rings (SSSR count). The average molecular weight is 379 g/mol. The second-order valence-corrected chi connectivity index (χ2v) is 6.16. The van der Waals surface area contributed by atoms with Crippen LogP contribution in [0.3, 0.4) is 0 Å². The summed E-state index contributed by atoms with van der Waals surface area (Å²) in [7, 11) is 2.97. The van der Waals surface area contributed by atoms with Gasteiger partial charge >= 0.3 is 5.97 Å². The van der Waals surface area contributed by atoms with Crippen molar-refractivity contribution in [3.05, 3.63) is 66.2 Å². The minimum Gasteiger partial charge on any atom is -0.497 e. The highest BCUT2D eigenvalue weighted by Crippen LogP contribution is 2.25. The molecule has 6 nitrogen and oxygen atoms in total. The Morgan fingerprint density at radius 1 is 0.893 bits per heavy atom. The number of methoxy groups -OCH3 is 2. The van der Waals surface area contributed by atoms with E-state index >= 15 is 0 Å². The average Bonchev–Trinajstić information content (AvgIpc) is 2.72. The van der Waals surface area contributed by atoms with Gasteiger partial charge in [-0.05, 0) is 42.0 Å². The molecule has 6 heteroatoms. The van der Waals surface area contributed by atoms with Gasteiger partial charge in [-0.3, -0.25) is 4.79 Å². The summed E-state index contributed by atoms with van der Waals surface area (Å²) in [5, 5.41) is 4.85. The van der Waals surface area contributed by atoms with Crippen molar-refractivity contribution in [2.75, 3.05) is 19.5 Å². The highest BCUT2D eigenvalue weighted by atomic mass is 16.5. The van der Waals surface area contributed by atoms with E-state index in [-0.39, 0.29) is 5.56 Å². The van der Waals surface area contributed by atoms with Gasteiger partial charge in [0.2, 0.25) is 0 Å². The molecule has 0 fully saturated rings. The molecule has 0 saturated carbocycles. The van der Waals surface area contributed by atoms with E-state index in [2.05, 4.69) is 5.32 Å². The van der Waals surface area contributed by atoms with Gasteiger partial charge in [0.15, 0.2) is 6.10 Å². The number of hydrogen-bond donors (Lipinski definition) is 1. The lowest BCUT2D eigenvalue weighted by atomic mass is 10.1. The Hall–Kier alpha value is -3.54. The number of esters is 1. The highest BCUT2D eigenvalue weighted by Gasteiger charge is 2.22. The summed E-state index contributed by atoms with van der Waals surface area (Å²) >= 11 is 0. The van der Waals surface area contributed by atoms with Gasteiger partial charge in [-0.2, -0.15) is 0 Å². The van der Waals surface area contributed by atoms with Crippen LogP contribution in [0, 0.1) is 0 Å². The van der Waals surface area contributed by atoms with Crippen LogP contribution in [0.2, 0.25) is 0 Å². The molecule has 3 aromatic rings. The summed E-state index contributed by atoms with van der Waals surface area (Å²) in [5.41, 5.74) is 0.849. The van der Waals surface area contributed by atoms with Crippen LogP contribution in [-0.4, -0.2) is 32.2 Å². The number of benzene rings is 3. The van der Waals surface area contributed by atoms with Crippen molar-refractivity contribution in [3.8, 4) is 11.5 Å². The summed E-state index contributed by atoms with van der Waals surface area (Å²) < 4.78 is 15.6. The number of carbonyl (C=O) groups excluding carboxylic acids is 2. The molecule has 0 unspecified atom stereocenters. The molecule has 28 heavy (non-hydrogen) atoms. The smallest absolute Gasteiger partial charge is 0.342 e. The molecule has 0 aliphatic carbocycles. The van der Waals surface area contributed by atoms with Crippen molar-refractivity contribution in [1.29, 1.82) is 0 Å². The standard InChI is InChI=1S/C22H21NO5/c1-14(28-22(25)19-11-10-18(26-2)13-20(19)27-3)21(24)23-17-9-8-15-6-4-5-7-16(15)12-17/h4-14H,1-3H3,(H,23,24)/t14-/m1/s1. The van der Waals surface area contributed by atoms with Gasteiger partial charge in [0.05, 0.1) is 14.2 Å². The lowest BCUT2D eigenvalue weighted by molar-refractivity contribution is -0.123. The van der Waals surface area contributed by atoms with E-state index in [1.54, 1.807) is 18.2 Å². The maximum Gasteiger partial charge on any atom is 0.342 e. The molecule has 0 aliphatic heterocycles. The van der Waals surface area contributed by atoms with E-state index in [1.807, 2.05) is 36.4 Å². The van der Waals surface area contributed by atoms with E-state index < -0.39 is 18.0 Å². The van der Waals surface area contributed by atoms with Crippen molar-refractivity contribution in [2.24, 2.45) is 0 Å². The molecule has 1 atom stereocenters. The predicted octanol–water partition coefficient (Wildman–Crippen LogP) is 4.04. The molecule has 0 bridgehead atoms. The Morgan fingerprint density at radius 3 is 2.36 bits per heavy atom. The fourth-order valence-corrected chi connectivity index (χ4v) is 2.76. The summed E-state index contributed by atoms with van der Waals surface area (Å²) in [6.07, 6.45) is -0.981. The summed E-state index contributed by atoms with van der Waals surface area (Å²) in [5.74, 6) is -0.209. The Labute approximate surface area is 163 Å². The molecule has 0 radical (unpaired) electrons. The van der Waals surface area contributed by atoms with E-state index in [9.17, 15) is 9.59 Å². The third kappa shape index (κ3) is 4.23. The Bertz CT molecular complexity index is 1010. The first kappa shape index (κ1) is 19.2.